The second kappa shape index (κ2) is 10.4. The molecule has 0 saturated heterocycles. The number of anilines is 3. The van der Waals surface area contributed by atoms with Crippen molar-refractivity contribution in [3.63, 3.8) is 0 Å². The van der Waals surface area contributed by atoms with Gasteiger partial charge in [-0.05, 0) is 44.5 Å². The Morgan fingerprint density at radius 3 is 2.51 bits per heavy atom. The number of aromatic nitrogens is 2. The van der Waals surface area contributed by atoms with E-state index in [1.807, 2.05) is 0 Å². The predicted molar refractivity (Wildman–Crippen MR) is 130 cm³/mol. The van der Waals surface area contributed by atoms with Crippen LogP contribution in [0.15, 0.2) is 36.7 Å². The number of carbonyl (C=O) groups excluding carboxylic acids is 1. The van der Waals surface area contributed by atoms with Crippen LogP contribution in [0.3, 0.4) is 0 Å². The Labute approximate surface area is 205 Å². The largest absolute Gasteiger partial charge is 0.492 e. The van der Waals surface area contributed by atoms with Gasteiger partial charge in [0.1, 0.15) is 23.7 Å². The molecular weight excluding hydrogens is 505 g/mol. The second-order valence-electron chi connectivity index (χ2n) is 7.45. The SMILES string of the molecule is CCOc1cc2ncnc(Nc3ccc(F)c(Cl)c3)c2cc1N(CC)C(=O)C(F)(CC)P(=O)(O)O. The fraction of sp³-hybridized carbons (Fsp3) is 0.318. The molecule has 0 aliphatic rings. The van der Waals surface area contributed by atoms with Crippen LogP contribution in [0.1, 0.15) is 27.2 Å². The van der Waals surface area contributed by atoms with Gasteiger partial charge in [0.25, 0.3) is 11.3 Å². The third kappa shape index (κ3) is 5.23. The van der Waals surface area contributed by atoms with Gasteiger partial charge in [0, 0.05) is 23.7 Å². The summed E-state index contributed by atoms with van der Waals surface area (Å²) in [5, 5.41) is -0.137. The molecule has 1 aromatic heterocycles. The summed E-state index contributed by atoms with van der Waals surface area (Å²) in [6.45, 7) is 4.51. The minimum atomic E-state index is -5.45. The molecular formula is C22H24ClF2N4O5P. The Morgan fingerprint density at radius 2 is 1.94 bits per heavy atom. The molecule has 3 aromatic rings. The molecule has 1 unspecified atom stereocenters. The summed E-state index contributed by atoms with van der Waals surface area (Å²) in [4.78, 5) is 41.6. The first-order chi connectivity index (χ1) is 16.5. The van der Waals surface area contributed by atoms with Gasteiger partial charge in [-0.25, -0.2) is 18.7 Å². The Balaban J connectivity index is 2.18. The number of rotatable bonds is 9. The van der Waals surface area contributed by atoms with E-state index in [4.69, 9.17) is 16.3 Å². The highest BCUT2D eigenvalue weighted by molar-refractivity contribution is 7.54. The molecule has 0 aliphatic carbocycles. The van der Waals surface area contributed by atoms with Crippen molar-refractivity contribution >= 4 is 53.2 Å². The first kappa shape index (κ1) is 26.7. The maximum Gasteiger partial charge on any atom is 0.372 e. The molecule has 0 fully saturated rings. The van der Waals surface area contributed by atoms with Crippen LogP contribution < -0.4 is 15.0 Å². The number of ether oxygens (including phenoxy) is 1. The van der Waals surface area contributed by atoms with Gasteiger partial charge in [-0.1, -0.05) is 18.5 Å². The number of hydrogen-bond donors (Lipinski definition) is 3. The molecule has 1 heterocycles. The summed E-state index contributed by atoms with van der Waals surface area (Å²) in [7, 11) is -5.45. The molecule has 9 nitrogen and oxygen atoms in total. The van der Waals surface area contributed by atoms with E-state index in [1.165, 1.54) is 50.5 Å². The first-order valence-corrected chi connectivity index (χ1v) is 12.7. The highest BCUT2D eigenvalue weighted by Gasteiger charge is 2.55. The summed E-state index contributed by atoms with van der Waals surface area (Å²) in [6, 6.07) is 6.97. The van der Waals surface area contributed by atoms with Crippen molar-refractivity contribution in [3.05, 3.63) is 47.5 Å². The summed E-state index contributed by atoms with van der Waals surface area (Å²) < 4.78 is 46.4. The molecule has 0 bridgehead atoms. The smallest absolute Gasteiger partial charge is 0.372 e. The van der Waals surface area contributed by atoms with Gasteiger partial charge < -0.3 is 24.7 Å². The lowest BCUT2D eigenvalue weighted by atomic mass is 10.1. The third-order valence-corrected chi connectivity index (χ3v) is 7.03. The maximum atomic E-state index is 15.3. The fourth-order valence-corrected chi connectivity index (χ4v) is 4.44. The Morgan fingerprint density at radius 1 is 1.23 bits per heavy atom. The normalized spacial score (nSPS) is 13.4. The number of carbonyl (C=O) groups is 1. The summed E-state index contributed by atoms with van der Waals surface area (Å²) in [5.74, 6) is -1.56. The quantitative estimate of drug-likeness (QED) is 0.325. The van der Waals surface area contributed by atoms with Gasteiger partial charge in [0.05, 0.1) is 22.8 Å². The van der Waals surface area contributed by atoms with Gasteiger partial charge in [-0.15, -0.1) is 0 Å². The number of halogens is 3. The molecule has 1 amide bonds. The topological polar surface area (TPSA) is 125 Å². The molecule has 13 heteroatoms. The van der Waals surface area contributed by atoms with Crippen molar-refractivity contribution in [1.82, 2.24) is 9.97 Å². The molecule has 0 radical (unpaired) electrons. The molecule has 3 rings (SSSR count). The van der Waals surface area contributed by atoms with Crippen molar-refractivity contribution in [3.8, 4) is 5.75 Å². The lowest BCUT2D eigenvalue weighted by Crippen LogP contribution is -2.46. The van der Waals surface area contributed by atoms with Gasteiger partial charge in [-0.3, -0.25) is 9.36 Å². The van der Waals surface area contributed by atoms with Crippen molar-refractivity contribution in [2.24, 2.45) is 0 Å². The highest BCUT2D eigenvalue weighted by atomic mass is 35.5. The second-order valence-corrected chi connectivity index (χ2v) is 9.66. The summed E-state index contributed by atoms with van der Waals surface area (Å²) >= 11 is 5.86. The molecule has 3 N–H and O–H groups in total. The lowest BCUT2D eigenvalue weighted by Gasteiger charge is -2.31. The first-order valence-electron chi connectivity index (χ1n) is 10.7. The van der Waals surface area contributed by atoms with E-state index < -0.39 is 31.2 Å². The van der Waals surface area contributed by atoms with Crippen molar-refractivity contribution < 1.29 is 32.7 Å². The number of alkyl halides is 1. The molecule has 0 spiro atoms. The van der Waals surface area contributed by atoms with Crippen LogP contribution in [0.25, 0.3) is 10.9 Å². The lowest BCUT2D eigenvalue weighted by molar-refractivity contribution is -0.126. The van der Waals surface area contributed by atoms with Gasteiger partial charge >= 0.3 is 7.60 Å². The van der Waals surface area contributed by atoms with Crippen LogP contribution in [-0.4, -0.2) is 44.2 Å². The van der Waals surface area contributed by atoms with Crippen LogP contribution in [0.5, 0.6) is 5.75 Å². The number of hydrogen-bond acceptors (Lipinski definition) is 6. The van der Waals surface area contributed by atoms with Gasteiger partial charge in [0.15, 0.2) is 0 Å². The van der Waals surface area contributed by atoms with Crippen molar-refractivity contribution in [1.29, 1.82) is 0 Å². The third-order valence-electron chi connectivity index (χ3n) is 5.31. The maximum absolute atomic E-state index is 15.3. The van der Waals surface area contributed by atoms with E-state index in [1.54, 1.807) is 6.92 Å². The van der Waals surface area contributed by atoms with Crippen LogP contribution in [0, 0.1) is 5.82 Å². The Bertz CT molecular complexity index is 1310. The molecule has 0 saturated carbocycles. The van der Waals surface area contributed by atoms with E-state index in [0.717, 1.165) is 4.90 Å². The molecule has 35 heavy (non-hydrogen) atoms. The van der Waals surface area contributed by atoms with Crippen LogP contribution in [-0.2, 0) is 9.36 Å². The molecule has 2 aromatic carbocycles. The molecule has 188 valence electrons. The highest BCUT2D eigenvalue weighted by Crippen LogP contribution is 2.55. The summed E-state index contributed by atoms with van der Waals surface area (Å²) in [6.07, 6.45) is 0.552. The average molecular weight is 529 g/mol. The minimum Gasteiger partial charge on any atom is -0.492 e. The van der Waals surface area contributed by atoms with Crippen LogP contribution in [0.4, 0.5) is 26.0 Å². The number of nitrogens with zero attached hydrogens (tertiary/aromatic N) is 3. The minimum absolute atomic E-state index is 0.0748. The Hall–Kier alpha value is -2.85. The van der Waals surface area contributed by atoms with E-state index in [9.17, 15) is 23.5 Å². The van der Waals surface area contributed by atoms with E-state index >= 15 is 4.39 Å². The zero-order valence-electron chi connectivity index (χ0n) is 19.1. The number of amides is 1. The number of benzene rings is 2. The van der Waals surface area contributed by atoms with E-state index in [2.05, 4.69) is 15.3 Å². The average Bonchev–Trinajstić information content (AvgIpc) is 2.81. The molecule has 0 aliphatic heterocycles. The number of fused-ring (bicyclic) bond motifs is 1. The van der Waals surface area contributed by atoms with Crippen molar-refractivity contribution in [2.45, 2.75) is 32.6 Å². The molecule has 1 atom stereocenters. The van der Waals surface area contributed by atoms with Crippen molar-refractivity contribution in [2.75, 3.05) is 23.4 Å². The zero-order valence-corrected chi connectivity index (χ0v) is 20.8. The monoisotopic (exact) mass is 528 g/mol. The Kier molecular flexibility index (Phi) is 7.96. The van der Waals surface area contributed by atoms with Gasteiger partial charge in [0.2, 0.25) is 0 Å². The van der Waals surface area contributed by atoms with E-state index in [-0.39, 0.29) is 35.4 Å². The van der Waals surface area contributed by atoms with Gasteiger partial charge in [-0.2, -0.15) is 0 Å². The fourth-order valence-electron chi connectivity index (χ4n) is 3.48. The summed E-state index contributed by atoms with van der Waals surface area (Å²) in [5.41, 5.74) is 0.902. The van der Waals surface area contributed by atoms with E-state index in [0.29, 0.717) is 16.6 Å². The zero-order chi connectivity index (χ0) is 26.0. The standard InChI is InChI=1S/C22H24ClF2N4O5P/c1-4-22(25,35(31,32)33)21(30)29(5-2)18-10-14-17(11-19(18)34-6-3)26-12-27-20(14)28-13-7-8-16(24)15(23)9-13/h7-12H,4-6H2,1-3H3,(H,26,27,28)(H2,31,32,33). The van der Waals surface area contributed by atoms with Crippen LogP contribution in [0.2, 0.25) is 5.02 Å². The predicted octanol–water partition coefficient (Wildman–Crippen LogP) is 5.17. The number of nitrogens with one attached hydrogen (secondary N) is 1. The van der Waals surface area contributed by atoms with Crippen LogP contribution >= 0.6 is 19.2 Å².